The first-order valence-electron chi connectivity index (χ1n) is 9.43. The van der Waals surface area contributed by atoms with E-state index in [0.29, 0.717) is 29.7 Å². The fourth-order valence-corrected chi connectivity index (χ4v) is 4.02. The molecular weight excluding hydrogens is 376 g/mol. The topological polar surface area (TPSA) is 109 Å². The van der Waals surface area contributed by atoms with E-state index in [2.05, 4.69) is 0 Å². The predicted octanol–water partition coefficient (Wildman–Crippen LogP) is 3.41. The van der Waals surface area contributed by atoms with Crippen molar-refractivity contribution in [3.05, 3.63) is 51.9 Å². The summed E-state index contributed by atoms with van der Waals surface area (Å²) in [5.74, 6) is -0.357. The van der Waals surface area contributed by atoms with Gasteiger partial charge in [0.25, 0.3) is 6.29 Å². The zero-order valence-corrected chi connectivity index (χ0v) is 15.9. The number of phenols is 2. The van der Waals surface area contributed by atoms with Crippen molar-refractivity contribution < 1.29 is 29.2 Å². The molecule has 0 radical (unpaired) electrons. The van der Waals surface area contributed by atoms with E-state index in [4.69, 9.17) is 13.9 Å². The zero-order valence-electron chi connectivity index (χ0n) is 15.9. The largest absolute Gasteiger partial charge is 0.507 e. The van der Waals surface area contributed by atoms with Gasteiger partial charge in [-0.2, -0.15) is 0 Å². The molecule has 2 aliphatic rings. The van der Waals surface area contributed by atoms with Gasteiger partial charge in [-0.15, -0.1) is 0 Å². The molecule has 3 heterocycles. The average Bonchev–Trinajstić information content (AvgIpc) is 3.20. The van der Waals surface area contributed by atoms with E-state index in [-0.39, 0.29) is 39.4 Å². The lowest BCUT2D eigenvalue weighted by Crippen LogP contribution is -2.19. The molecule has 3 N–H and O–H groups in total. The van der Waals surface area contributed by atoms with Gasteiger partial charge in [0.2, 0.25) is 5.43 Å². The van der Waals surface area contributed by atoms with Crippen LogP contribution in [0.25, 0.3) is 21.9 Å². The maximum Gasteiger partial charge on any atom is 0.250 e. The van der Waals surface area contributed by atoms with Crippen LogP contribution in [0.1, 0.15) is 37.3 Å². The highest BCUT2D eigenvalue weighted by molar-refractivity contribution is 5.98. The van der Waals surface area contributed by atoms with Crippen LogP contribution in [0.5, 0.6) is 17.2 Å². The summed E-state index contributed by atoms with van der Waals surface area (Å²) >= 11 is 0. The van der Waals surface area contributed by atoms with Crippen molar-refractivity contribution in [3.63, 3.8) is 0 Å². The Morgan fingerprint density at radius 2 is 1.97 bits per heavy atom. The second-order valence-electron chi connectivity index (χ2n) is 8.18. The van der Waals surface area contributed by atoms with Gasteiger partial charge in [-0.3, -0.25) is 4.79 Å². The zero-order chi connectivity index (χ0) is 20.5. The molecule has 0 aliphatic carbocycles. The third-order valence-corrected chi connectivity index (χ3v) is 5.52. The molecule has 0 saturated heterocycles. The van der Waals surface area contributed by atoms with Crippen molar-refractivity contribution in [1.82, 2.24) is 0 Å². The molecule has 2 aliphatic heterocycles. The Kier molecular flexibility index (Phi) is 3.64. The lowest BCUT2D eigenvalue weighted by atomic mass is 9.95. The van der Waals surface area contributed by atoms with Gasteiger partial charge in [0.05, 0.1) is 23.3 Å². The Bertz CT molecular complexity index is 1250. The summed E-state index contributed by atoms with van der Waals surface area (Å²) in [6.07, 6.45) is 3.58. The van der Waals surface area contributed by atoms with Crippen molar-refractivity contribution in [1.29, 1.82) is 0 Å². The summed E-state index contributed by atoms with van der Waals surface area (Å²) in [6.45, 7) is 3.40. The van der Waals surface area contributed by atoms with E-state index in [1.807, 2.05) is 0 Å². The monoisotopic (exact) mass is 396 g/mol. The molecule has 1 aromatic heterocycles. The molecular formula is C22H20O7. The molecule has 7 nitrogen and oxygen atoms in total. The molecule has 5 rings (SSSR count). The normalized spacial score (nSPS) is 20.0. The van der Waals surface area contributed by atoms with Crippen LogP contribution in [0.3, 0.4) is 0 Å². The first kappa shape index (κ1) is 17.9. The smallest absolute Gasteiger partial charge is 0.250 e. The van der Waals surface area contributed by atoms with Crippen molar-refractivity contribution in [2.45, 2.75) is 44.5 Å². The molecule has 0 saturated carbocycles. The fourth-order valence-electron chi connectivity index (χ4n) is 4.02. The lowest BCUT2D eigenvalue weighted by Gasteiger charge is -2.17. The standard InChI is InChI=1S/C22H20O7/c1-22(2,26)7-5-10-3-4-12(23)16-19(25)17-14(28-20(10)16)9-13-15(18(17)24)11-6-8-27-21(11)29-13/h3-4,6,8-9,11,21,23-24,26H,5,7H2,1-2H3/t11-,21+/m1/s1. The summed E-state index contributed by atoms with van der Waals surface area (Å²) in [5, 5.41) is 31.3. The summed E-state index contributed by atoms with van der Waals surface area (Å²) in [4.78, 5) is 13.3. The molecule has 2 atom stereocenters. The molecule has 150 valence electrons. The van der Waals surface area contributed by atoms with Gasteiger partial charge in [0.15, 0.2) is 0 Å². The number of benzene rings is 2. The van der Waals surface area contributed by atoms with Gasteiger partial charge in [-0.05, 0) is 44.4 Å². The van der Waals surface area contributed by atoms with Crippen molar-refractivity contribution in [2.24, 2.45) is 0 Å². The summed E-state index contributed by atoms with van der Waals surface area (Å²) in [7, 11) is 0. The molecule has 0 amide bonds. The predicted molar refractivity (Wildman–Crippen MR) is 105 cm³/mol. The number of hydrogen-bond acceptors (Lipinski definition) is 7. The number of aryl methyl sites for hydroxylation is 1. The van der Waals surface area contributed by atoms with Crippen LogP contribution in [-0.4, -0.2) is 27.2 Å². The van der Waals surface area contributed by atoms with Gasteiger partial charge in [-0.25, -0.2) is 0 Å². The van der Waals surface area contributed by atoms with E-state index >= 15 is 0 Å². The van der Waals surface area contributed by atoms with Crippen molar-refractivity contribution in [3.8, 4) is 17.2 Å². The van der Waals surface area contributed by atoms with Crippen LogP contribution in [0, 0.1) is 0 Å². The van der Waals surface area contributed by atoms with E-state index in [0.717, 1.165) is 0 Å². The van der Waals surface area contributed by atoms with E-state index in [1.165, 1.54) is 12.3 Å². The molecule has 29 heavy (non-hydrogen) atoms. The lowest BCUT2D eigenvalue weighted by molar-refractivity contribution is -0.00482. The maximum absolute atomic E-state index is 13.3. The minimum Gasteiger partial charge on any atom is -0.507 e. The molecule has 0 unspecified atom stereocenters. The summed E-state index contributed by atoms with van der Waals surface area (Å²) in [5.41, 5.74) is 0.150. The second kappa shape index (κ2) is 5.90. The van der Waals surface area contributed by atoms with Gasteiger partial charge in [-0.1, -0.05) is 6.07 Å². The van der Waals surface area contributed by atoms with E-state index in [1.54, 1.807) is 32.1 Å². The van der Waals surface area contributed by atoms with Gasteiger partial charge < -0.3 is 29.2 Å². The highest BCUT2D eigenvalue weighted by atomic mass is 16.7. The Morgan fingerprint density at radius 1 is 1.17 bits per heavy atom. The van der Waals surface area contributed by atoms with Crippen molar-refractivity contribution in [2.75, 3.05) is 0 Å². The minimum atomic E-state index is -0.889. The van der Waals surface area contributed by atoms with Crippen molar-refractivity contribution >= 4 is 21.9 Å². The number of rotatable bonds is 3. The molecule has 3 aromatic rings. The maximum atomic E-state index is 13.3. The van der Waals surface area contributed by atoms with Crippen LogP contribution in [-0.2, 0) is 11.2 Å². The highest BCUT2D eigenvalue weighted by Crippen LogP contribution is 2.49. The number of ether oxygens (including phenoxy) is 2. The minimum absolute atomic E-state index is 0.00395. The van der Waals surface area contributed by atoms with Crippen LogP contribution < -0.4 is 10.2 Å². The Balaban J connectivity index is 1.78. The molecule has 0 bridgehead atoms. The fraction of sp³-hybridized carbons (Fsp3) is 0.318. The van der Waals surface area contributed by atoms with Crippen LogP contribution in [0.2, 0.25) is 0 Å². The second-order valence-corrected chi connectivity index (χ2v) is 8.18. The van der Waals surface area contributed by atoms with Crippen LogP contribution >= 0.6 is 0 Å². The number of fused-ring (bicyclic) bond motifs is 5. The number of hydrogen-bond donors (Lipinski definition) is 3. The Morgan fingerprint density at radius 3 is 2.72 bits per heavy atom. The van der Waals surface area contributed by atoms with E-state index in [9.17, 15) is 20.1 Å². The summed E-state index contributed by atoms with van der Waals surface area (Å²) < 4.78 is 17.1. The molecule has 7 heteroatoms. The molecule has 0 spiro atoms. The van der Waals surface area contributed by atoms with Crippen LogP contribution in [0.4, 0.5) is 0 Å². The molecule has 0 fully saturated rings. The summed E-state index contributed by atoms with van der Waals surface area (Å²) in [6, 6.07) is 4.68. The van der Waals surface area contributed by atoms with Gasteiger partial charge in [0, 0.05) is 6.07 Å². The van der Waals surface area contributed by atoms with E-state index < -0.39 is 17.3 Å². The third kappa shape index (κ3) is 2.65. The first-order valence-corrected chi connectivity index (χ1v) is 9.43. The third-order valence-electron chi connectivity index (χ3n) is 5.52. The number of aliphatic hydroxyl groups is 1. The highest BCUT2D eigenvalue weighted by Gasteiger charge is 2.40. The number of phenolic OH excluding ortho intramolecular Hbond substituents is 2. The molecule has 2 aromatic carbocycles. The number of aromatic hydroxyl groups is 2. The first-order chi connectivity index (χ1) is 13.7. The van der Waals surface area contributed by atoms with Gasteiger partial charge >= 0.3 is 0 Å². The average molecular weight is 396 g/mol. The van der Waals surface area contributed by atoms with Crippen LogP contribution in [0.15, 0.2) is 39.7 Å². The Labute approximate surface area is 165 Å². The SMILES string of the molecule is CC(C)(O)CCc1ccc(O)c2c(=O)c3c(O)c4c(cc3oc12)O[C@@H]1OC=C[C@H]41. The Hall–Kier alpha value is -3.19. The van der Waals surface area contributed by atoms with Gasteiger partial charge in [0.1, 0.15) is 39.2 Å². The quantitative estimate of drug-likeness (QED) is 0.582.